The number of hydrogen-bond donors (Lipinski definition) is 1. The van der Waals surface area contributed by atoms with Gasteiger partial charge in [0.2, 0.25) is 0 Å². The van der Waals surface area contributed by atoms with Crippen LogP contribution in [0.1, 0.15) is 34.7 Å². The Morgan fingerprint density at radius 3 is 2.74 bits per heavy atom. The molecule has 0 spiro atoms. The number of rotatable bonds is 3. The molecule has 98 valence electrons. The maximum Gasteiger partial charge on any atom is 0.141 e. The molecule has 1 aliphatic carbocycles. The van der Waals surface area contributed by atoms with Gasteiger partial charge in [-0.1, -0.05) is 18.2 Å². The Morgan fingerprint density at radius 1 is 1.11 bits per heavy atom. The van der Waals surface area contributed by atoms with Gasteiger partial charge in [-0.15, -0.1) is 0 Å². The van der Waals surface area contributed by atoms with Crippen LogP contribution in [-0.2, 0) is 12.8 Å². The van der Waals surface area contributed by atoms with Gasteiger partial charge in [0.15, 0.2) is 0 Å². The number of pyridine rings is 1. The van der Waals surface area contributed by atoms with Crippen molar-refractivity contribution in [2.45, 2.75) is 25.3 Å². The molecule has 2 aromatic rings. The van der Waals surface area contributed by atoms with E-state index >= 15 is 0 Å². The van der Waals surface area contributed by atoms with E-state index in [0.717, 1.165) is 12.0 Å². The number of benzene rings is 1. The van der Waals surface area contributed by atoms with Gasteiger partial charge in [0.05, 0.1) is 12.2 Å². The summed E-state index contributed by atoms with van der Waals surface area (Å²) in [4.78, 5) is 3.94. The van der Waals surface area contributed by atoms with E-state index in [1.807, 2.05) is 7.05 Å². The lowest BCUT2D eigenvalue weighted by molar-refractivity contribution is 0.608. The quantitative estimate of drug-likeness (QED) is 0.913. The van der Waals surface area contributed by atoms with Crippen molar-refractivity contribution in [3.63, 3.8) is 0 Å². The number of nitrogens with one attached hydrogen (secondary N) is 1. The minimum absolute atomic E-state index is 0.00546. The minimum atomic E-state index is -0.293. The van der Waals surface area contributed by atoms with Crippen molar-refractivity contribution < 1.29 is 4.39 Å². The maximum absolute atomic E-state index is 13.3. The third-order valence-corrected chi connectivity index (χ3v) is 3.80. The molecule has 1 aromatic heterocycles. The van der Waals surface area contributed by atoms with E-state index in [1.165, 1.54) is 35.7 Å². The number of aryl methyl sites for hydroxylation is 2. The maximum atomic E-state index is 13.3. The first-order valence-electron chi connectivity index (χ1n) is 6.67. The number of hydrogen-bond acceptors (Lipinski definition) is 2. The van der Waals surface area contributed by atoms with Crippen LogP contribution in [0, 0.1) is 5.82 Å². The second-order valence-electron chi connectivity index (χ2n) is 5.04. The molecule has 0 saturated heterocycles. The summed E-state index contributed by atoms with van der Waals surface area (Å²) < 4.78 is 13.3. The van der Waals surface area contributed by atoms with E-state index in [4.69, 9.17) is 0 Å². The molecule has 1 heterocycles. The lowest BCUT2D eigenvalue weighted by Gasteiger charge is -2.18. The van der Waals surface area contributed by atoms with Crippen LogP contribution in [0.4, 0.5) is 4.39 Å². The first-order chi connectivity index (χ1) is 9.28. The predicted octanol–water partition coefficient (Wildman–Crippen LogP) is 3.02. The van der Waals surface area contributed by atoms with Gasteiger partial charge in [-0.3, -0.25) is 4.98 Å². The molecule has 0 amide bonds. The molecule has 2 nitrogen and oxygen atoms in total. The van der Waals surface area contributed by atoms with Crippen LogP contribution in [0.2, 0.25) is 0 Å². The molecule has 0 radical (unpaired) electrons. The van der Waals surface area contributed by atoms with Crippen LogP contribution in [-0.4, -0.2) is 12.0 Å². The summed E-state index contributed by atoms with van der Waals surface area (Å²) in [5.74, 6) is -0.293. The van der Waals surface area contributed by atoms with Crippen LogP contribution in [0.25, 0.3) is 0 Å². The molecule has 1 aliphatic rings. The van der Waals surface area contributed by atoms with Crippen molar-refractivity contribution in [3.05, 3.63) is 64.7 Å². The van der Waals surface area contributed by atoms with E-state index in [1.54, 1.807) is 12.3 Å². The highest BCUT2D eigenvalue weighted by Gasteiger charge is 2.17. The highest BCUT2D eigenvalue weighted by Crippen LogP contribution is 2.28. The normalized spacial score (nSPS) is 15.3. The SMILES string of the molecule is CNC(c1cncc(F)c1)c1ccc2c(c1)CCC2. The zero-order valence-corrected chi connectivity index (χ0v) is 11.0. The Balaban J connectivity index is 1.98. The molecule has 0 aliphatic heterocycles. The fraction of sp³-hybridized carbons (Fsp3) is 0.312. The predicted molar refractivity (Wildman–Crippen MR) is 73.6 cm³/mol. The third-order valence-electron chi connectivity index (χ3n) is 3.80. The number of nitrogens with zero attached hydrogens (tertiary/aromatic N) is 1. The summed E-state index contributed by atoms with van der Waals surface area (Å²) in [5.41, 5.74) is 4.93. The highest BCUT2D eigenvalue weighted by molar-refractivity contribution is 5.39. The van der Waals surface area contributed by atoms with Gasteiger partial charge in [0.1, 0.15) is 5.82 Å². The van der Waals surface area contributed by atoms with Crippen LogP contribution >= 0.6 is 0 Å². The minimum Gasteiger partial charge on any atom is -0.309 e. The fourth-order valence-corrected chi connectivity index (χ4v) is 2.88. The van der Waals surface area contributed by atoms with Crippen molar-refractivity contribution in [1.29, 1.82) is 0 Å². The van der Waals surface area contributed by atoms with Crippen LogP contribution in [0.15, 0.2) is 36.7 Å². The van der Waals surface area contributed by atoms with Gasteiger partial charge in [0.25, 0.3) is 0 Å². The van der Waals surface area contributed by atoms with Crippen molar-refractivity contribution in [3.8, 4) is 0 Å². The monoisotopic (exact) mass is 256 g/mol. The number of fused-ring (bicyclic) bond motifs is 1. The Morgan fingerprint density at radius 2 is 1.95 bits per heavy atom. The second-order valence-corrected chi connectivity index (χ2v) is 5.04. The molecule has 19 heavy (non-hydrogen) atoms. The zero-order chi connectivity index (χ0) is 13.2. The molecule has 0 saturated carbocycles. The summed E-state index contributed by atoms with van der Waals surface area (Å²) in [6.45, 7) is 0. The first-order valence-corrected chi connectivity index (χ1v) is 6.67. The second kappa shape index (κ2) is 5.10. The molecule has 1 aromatic carbocycles. The van der Waals surface area contributed by atoms with Gasteiger partial charge in [-0.2, -0.15) is 0 Å². The van der Waals surface area contributed by atoms with E-state index in [2.05, 4.69) is 28.5 Å². The lowest BCUT2D eigenvalue weighted by Crippen LogP contribution is -2.18. The topological polar surface area (TPSA) is 24.9 Å². The molecule has 1 atom stereocenters. The van der Waals surface area contributed by atoms with Crippen molar-refractivity contribution in [2.24, 2.45) is 0 Å². The molecular formula is C16H17FN2. The molecule has 1 unspecified atom stereocenters. The Labute approximate surface area is 112 Å². The summed E-state index contributed by atoms with van der Waals surface area (Å²) >= 11 is 0. The van der Waals surface area contributed by atoms with Crippen molar-refractivity contribution >= 4 is 0 Å². The first kappa shape index (κ1) is 12.3. The molecule has 0 bridgehead atoms. The average molecular weight is 256 g/mol. The average Bonchev–Trinajstić information content (AvgIpc) is 2.87. The van der Waals surface area contributed by atoms with Crippen LogP contribution in [0.5, 0.6) is 0 Å². The van der Waals surface area contributed by atoms with E-state index in [0.29, 0.717) is 0 Å². The molecule has 0 fully saturated rings. The van der Waals surface area contributed by atoms with Gasteiger partial charge in [0, 0.05) is 6.20 Å². The third kappa shape index (κ3) is 2.38. The van der Waals surface area contributed by atoms with Crippen LogP contribution < -0.4 is 5.32 Å². The largest absolute Gasteiger partial charge is 0.309 e. The van der Waals surface area contributed by atoms with E-state index < -0.39 is 0 Å². The smallest absolute Gasteiger partial charge is 0.141 e. The number of aromatic nitrogens is 1. The van der Waals surface area contributed by atoms with Gasteiger partial charge in [-0.25, -0.2) is 4.39 Å². The van der Waals surface area contributed by atoms with E-state index in [9.17, 15) is 4.39 Å². The highest BCUT2D eigenvalue weighted by atomic mass is 19.1. The molecule has 3 rings (SSSR count). The van der Waals surface area contributed by atoms with Gasteiger partial charge >= 0.3 is 0 Å². The molecule has 3 heteroatoms. The Bertz CT molecular complexity index is 595. The summed E-state index contributed by atoms with van der Waals surface area (Å²) in [6.07, 6.45) is 6.53. The van der Waals surface area contributed by atoms with E-state index in [-0.39, 0.29) is 11.9 Å². The zero-order valence-electron chi connectivity index (χ0n) is 11.0. The van der Waals surface area contributed by atoms with Gasteiger partial charge in [-0.05, 0) is 54.6 Å². The number of halogens is 1. The van der Waals surface area contributed by atoms with Crippen molar-refractivity contribution in [1.82, 2.24) is 10.3 Å². The fourth-order valence-electron chi connectivity index (χ4n) is 2.88. The molecular weight excluding hydrogens is 239 g/mol. The van der Waals surface area contributed by atoms with Gasteiger partial charge < -0.3 is 5.32 Å². The molecule has 1 N–H and O–H groups in total. The Hall–Kier alpha value is -1.74. The summed E-state index contributed by atoms with van der Waals surface area (Å²) in [7, 11) is 1.89. The Kier molecular flexibility index (Phi) is 3.30. The summed E-state index contributed by atoms with van der Waals surface area (Å²) in [6, 6.07) is 8.12. The summed E-state index contributed by atoms with van der Waals surface area (Å²) in [5, 5.41) is 3.25. The standard InChI is InChI=1S/C16H17FN2/c1-18-16(14-8-15(17)10-19-9-14)13-6-5-11-3-2-4-12(11)7-13/h5-10,16,18H,2-4H2,1H3. The lowest BCUT2D eigenvalue weighted by atomic mass is 9.97. The van der Waals surface area contributed by atoms with Crippen LogP contribution in [0.3, 0.4) is 0 Å². The van der Waals surface area contributed by atoms with Crippen molar-refractivity contribution in [2.75, 3.05) is 7.05 Å².